The second kappa shape index (κ2) is 49.4. The average Bonchev–Trinajstić information content (AvgIpc) is 3.40. The van der Waals surface area contributed by atoms with Crippen LogP contribution >= 0.6 is 0 Å². The summed E-state index contributed by atoms with van der Waals surface area (Å²) < 4.78 is 10.1. The molecule has 1 aliphatic rings. The van der Waals surface area contributed by atoms with Crippen LogP contribution in [0.2, 0.25) is 0 Å². The first-order chi connectivity index (χ1) is 35.0. The van der Waals surface area contributed by atoms with Gasteiger partial charge in [0.05, 0.1) is 66.1 Å². The molecular weight excluding hydrogens is 1010 g/mol. The van der Waals surface area contributed by atoms with Crippen LogP contribution in [0, 0.1) is 17.3 Å². The number of aliphatic hydroxyl groups excluding tert-OH is 8. The van der Waals surface area contributed by atoms with E-state index in [2.05, 4.69) is 42.5 Å². The van der Waals surface area contributed by atoms with E-state index in [-0.39, 0.29) is 157 Å². The highest BCUT2D eigenvalue weighted by Gasteiger charge is 2.36. The van der Waals surface area contributed by atoms with Crippen LogP contribution in [-0.2, 0) is 28.7 Å². The van der Waals surface area contributed by atoms with Gasteiger partial charge < -0.3 is 92.9 Å². The predicted octanol–water partition coefficient (Wildman–Crippen LogP) is -1.76. The van der Waals surface area contributed by atoms with Gasteiger partial charge in [-0.25, -0.2) is 0 Å². The van der Waals surface area contributed by atoms with Gasteiger partial charge in [0.15, 0.2) is 0 Å². The highest BCUT2D eigenvalue weighted by molar-refractivity contribution is 6.04. The number of ether oxygens (including phenoxy) is 2. The van der Waals surface area contributed by atoms with E-state index < -0.39 is 42.5 Å². The standard InChI is InChI=1S/C16H24N2O6.C12H22N2O4.C10H12N2O4.C9H18N2O4.4CH4.H2/c19-6-10-23-8-4-17-15(21)13-2-1-3-14(12-13)16(22)18-5-9-24-11-7-20;15-7-5-13-11(17)9-3-1-2-4-10(9)12(18)14-6-8-16;13-5-11-9(15)7-2-1-3-8(4-7)10(16)12-6-14;1-9(2,7(14)10-3-5-12)8(15)11-4-6-13;;;;;/h1-3,12,19-20H,4-11H2,(H,17,21)(H,18,22);9-10,15-16H,1-8H2,(H,13,17)(H,14,18);1-4,13-14H,5-6H2,(H,11,15)(H,12,16);12-13H,3-6H2,1-2H3,(H,10,14)(H,11,15);4*1H4;1H. The topological polar surface area (TPSA) is 413 Å². The first-order valence-electron chi connectivity index (χ1n) is 23.5. The van der Waals surface area contributed by atoms with Crippen molar-refractivity contribution in [2.75, 3.05) is 119 Å². The lowest BCUT2D eigenvalue weighted by molar-refractivity contribution is -0.141. The van der Waals surface area contributed by atoms with Crippen LogP contribution in [0.4, 0.5) is 0 Å². The molecule has 26 nitrogen and oxygen atoms in total. The van der Waals surface area contributed by atoms with E-state index >= 15 is 0 Å². The minimum absolute atomic E-state index is 0. The molecule has 0 bridgehead atoms. The van der Waals surface area contributed by atoms with Crippen molar-refractivity contribution >= 4 is 47.3 Å². The molecule has 0 aliphatic heterocycles. The number of amides is 8. The Morgan fingerprint density at radius 1 is 0.442 bits per heavy atom. The number of rotatable bonds is 28. The molecule has 1 aliphatic carbocycles. The summed E-state index contributed by atoms with van der Waals surface area (Å²) in [7, 11) is 0. The van der Waals surface area contributed by atoms with Crippen molar-refractivity contribution in [3.63, 3.8) is 0 Å². The van der Waals surface area contributed by atoms with Crippen molar-refractivity contribution in [3.8, 4) is 0 Å². The van der Waals surface area contributed by atoms with Crippen LogP contribution in [0.25, 0.3) is 0 Å². The molecule has 2 unspecified atom stereocenters. The zero-order valence-corrected chi connectivity index (χ0v) is 41.5. The van der Waals surface area contributed by atoms with Crippen LogP contribution in [0.5, 0.6) is 0 Å². The van der Waals surface area contributed by atoms with E-state index in [0.29, 0.717) is 50.3 Å². The third kappa shape index (κ3) is 34.2. The first-order valence-corrected chi connectivity index (χ1v) is 23.5. The Labute approximate surface area is 455 Å². The van der Waals surface area contributed by atoms with Crippen LogP contribution < -0.4 is 42.5 Å². The molecule has 2 aromatic rings. The molecule has 2 aromatic carbocycles. The van der Waals surface area contributed by atoms with Crippen LogP contribution in [-0.4, -0.2) is 207 Å². The number of hydrogen-bond donors (Lipinski definition) is 16. The van der Waals surface area contributed by atoms with Gasteiger partial charge in [-0.3, -0.25) is 38.4 Å². The highest BCUT2D eigenvalue weighted by Crippen LogP contribution is 2.30. The smallest absolute Gasteiger partial charge is 0.253 e. The summed E-state index contributed by atoms with van der Waals surface area (Å²) in [5, 5.41) is 88.4. The summed E-state index contributed by atoms with van der Waals surface area (Å²) in [6.07, 6.45) is 3.30. The van der Waals surface area contributed by atoms with Gasteiger partial charge in [-0.1, -0.05) is 54.7 Å². The van der Waals surface area contributed by atoms with Crippen molar-refractivity contribution in [3.05, 3.63) is 70.8 Å². The number of benzene rings is 2. The normalized spacial score (nSPS) is 12.9. The van der Waals surface area contributed by atoms with Crippen molar-refractivity contribution in [2.45, 2.75) is 69.2 Å². The van der Waals surface area contributed by atoms with Gasteiger partial charge in [0.1, 0.15) is 18.9 Å². The fourth-order valence-corrected chi connectivity index (χ4v) is 6.22. The Hall–Kier alpha value is -6.20. The third-order valence-corrected chi connectivity index (χ3v) is 9.98. The fraction of sp³-hybridized carbons (Fsp3) is 0.608. The second-order valence-corrected chi connectivity index (χ2v) is 15.8. The maximum absolute atomic E-state index is 12.0. The Morgan fingerprint density at radius 2 is 0.740 bits per heavy atom. The summed E-state index contributed by atoms with van der Waals surface area (Å²) in [6.45, 7) is 3.77. The minimum Gasteiger partial charge on any atom is -0.395 e. The maximum atomic E-state index is 12.0. The lowest BCUT2D eigenvalue weighted by Gasteiger charge is -2.29. The zero-order valence-electron chi connectivity index (χ0n) is 41.5. The molecule has 0 aromatic heterocycles. The van der Waals surface area contributed by atoms with E-state index in [4.69, 9.17) is 50.3 Å². The summed E-state index contributed by atoms with van der Waals surface area (Å²) in [5.41, 5.74) is 0.0756. The van der Waals surface area contributed by atoms with Crippen molar-refractivity contribution in [2.24, 2.45) is 17.3 Å². The average molecular weight is 1110 g/mol. The molecular formula is C51H94N8O18. The second-order valence-electron chi connectivity index (χ2n) is 15.8. The molecule has 1 fully saturated rings. The minimum atomic E-state index is -1.20. The molecule has 0 saturated heterocycles. The molecule has 0 radical (unpaired) electrons. The van der Waals surface area contributed by atoms with Crippen molar-refractivity contribution < 1.29 is 90.1 Å². The Morgan fingerprint density at radius 3 is 1.03 bits per heavy atom. The Bertz CT molecular complexity index is 1830. The number of hydrogen-bond acceptors (Lipinski definition) is 18. The summed E-state index contributed by atoms with van der Waals surface area (Å²) in [4.78, 5) is 93.4. The van der Waals surface area contributed by atoms with Gasteiger partial charge in [-0.15, -0.1) is 0 Å². The van der Waals surface area contributed by atoms with E-state index in [9.17, 15) is 38.4 Å². The van der Waals surface area contributed by atoms with Crippen molar-refractivity contribution in [1.82, 2.24) is 42.5 Å². The number of carbonyl (C=O) groups excluding carboxylic acids is 8. The van der Waals surface area contributed by atoms with Gasteiger partial charge >= 0.3 is 0 Å². The van der Waals surface area contributed by atoms with Crippen LogP contribution in [0.1, 0.15) is 112 Å². The van der Waals surface area contributed by atoms with E-state index in [0.717, 1.165) is 12.8 Å². The summed E-state index contributed by atoms with van der Waals surface area (Å²) >= 11 is 0. The van der Waals surface area contributed by atoms with Gasteiger partial charge in [0.2, 0.25) is 23.6 Å². The zero-order chi connectivity index (χ0) is 54.9. The van der Waals surface area contributed by atoms with E-state index in [1.54, 1.807) is 24.3 Å². The summed E-state index contributed by atoms with van der Waals surface area (Å²) in [6, 6.07) is 12.3. The molecule has 2 atom stereocenters. The van der Waals surface area contributed by atoms with Gasteiger partial charge in [-0.05, 0) is 63.1 Å². The third-order valence-electron chi connectivity index (χ3n) is 9.98. The summed E-state index contributed by atoms with van der Waals surface area (Å²) in [5.74, 6) is -3.40. The quantitative estimate of drug-likeness (QED) is 0.0255. The predicted molar refractivity (Wildman–Crippen MR) is 291 cm³/mol. The van der Waals surface area contributed by atoms with E-state index in [1.807, 2.05) is 0 Å². The fourth-order valence-electron chi connectivity index (χ4n) is 6.22. The number of aliphatic hydroxyl groups is 8. The van der Waals surface area contributed by atoms with Gasteiger partial charge in [0.25, 0.3) is 23.6 Å². The lowest BCUT2D eigenvalue weighted by atomic mass is 9.78. The highest BCUT2D eigenvalue weighted by atomic mass is 16.5. The molecule has 0 heterocycles. The SMILES string of the molecule is C.C.C.C.CC(C)(C(=O)NCCO)C(=O)NCCO.O=C(NCCO)C1CCCCC1C(=O)NCCO.O=C(NCCOCCO)c1cccc(C(=O)NCCOCCO)c1.O=C(NCO)c1cccc(C(=O)NCO)c1.[HH]. The Balaban J connectivity index is -0.000000220. The van der Waals surface area contributed by atoms with Gasteiger partial charge in [-0.2, -0.15) is 0 Å². The molecule has 3 rings (SSSR count). The number of nitrogens with one attached hydrogen (secondary N) is 8. The number of carbonyl (C=O) groups is 8. The molecule has 77 heavy (non-hydrogen) atoms. The molecule has 446 valence electrons. The molecule has 8 amide bonds. The monoisotopic (exact) mass is 1110 g/mol. The maximum Gasteiger partial charge on any atom is 0.253 e. The molecule has 26 heteroatoms. The Kier molecular flexibility index (Phi) is 51.1. The van der Waals surface area contributed by atoms with Crippen LogP contribution in [0.3, 0.4) is 0 Å². The largest absolute Gasteiger partial charge is 0.395 e. The molecule has 1 saturated carbocycles. The molecule has 16 N–H and O–H groups in total. The van der Waals surface area contributed by atoms with E-state index in [1.165, 1.54) is 38.1 Å². The van der Waals surface area contributed by atoms with Crippen LogP contribution in [0.15, 0.2) is 48.5 Å². The first kappa shape index (κ1) is 79.7. The van der Waals surface area contributed by atoms with Gasteiger partial charge in [0, 0.05) is 74.8 Å². The molecule has 0 spiro atoms. The lowest BCUT2D eigenvalue weighted by Crippen LogP contribution is -2.48. The van der Waals surface area contributed by atoms with Crippen molar-refractivity contribution in [1.29, 1.82) is 0 Å².